The van der Waals surface area contributed by atoms with Crippen LogP contribution < -0.4 is 4.90 Å². The topological polar surface area (TPSA) is 40.9 Å². The lowest BCUT2D eigenvalue weighted by atomic mass is 9.86. The lowest BCUT2D eigenvalue weighted by molar-refractivity contribution is 0.591. The van der Waals surface area contributed by atoms with Crippen LogP contribution in [0.1, 0.15) is 51.1 Å². The van der Waals surface area contributed by atoms with Crippen LogP contribution in [0.4, 0.5) is 11.4 Å². The van der Waals surface area contributed by atoms with Crippen LogP contribution >= 0.6 is 0 Å². The number of amidine groups is 1. The maximum Gasteiger partial charge on any atom is 0.154 e. The molecule has 158 valence electrons. The van der Waals surface area contributed by atoms with Gasteiger partial charge in [-0.1, -0.05) is 70.2 Å². The molecule has 31 heavy (non-hydrogen) atoms. The van der Waals surface area contributed by atoms with E-state index in [1.807, 2.05) is 18.2 Å². The van der Waals surface area contributed by atoms with Gasteiger partial charge in [-0.2, -0.15) is 0 Å². The maximum absolute atomic E-state index is 5.06. The Bertz CT molecular complexity index is 1110. The minimum atomic E-state index is 0.0307. The third-order valence-corrected chi connectivity index (χ3v) is 5.48. The second kappa shape index (κ2) is 8.84. The summed E-state index contributed by atoms with van der Waals surface area (Å²) in [6, 6.07) is 24.9. The van der Waals surface area contributed by atoms with E-state index >= 15 is 0 Å². The molecule has 2 heterocycles. The number of pyridine rings is 1. The standard InChI is InChI=1S/C27H30N4/c1-5-22(29-23-15-10-9-14-21(23)27(2,3)4)24-16-11-17-25(30-24)26-28-18-19-31(26)20-12-7-6-8-13-20/h6-17H,5,18-19H2,1-4H3. The molecule has 1 aliphatic rings. The average Bonchev–Trinajstić information content (AvgIpc) is 3.28. The van der Waals surface area contributed by atoms with Crippen LogP contribution in [0.3, 0.4) is 0 Å². The molecule has 3 aromatic rings. The molecule has 0 N–H and O–H groups in total. The van der Waals surface area contributed by atoms with Gasteiger partial charge in [0, 0.05) is 12.2 Å². The van der Waals surface area contributed by atoms with Crippen molar-refractivity contribution in [2.75, 3.05) is 18.0 Å². The Morgan fingerprint density at radius 2 is 1.68 bits per heavy atom. The number of rotatable bonds is 5. The van der Waals surface area contributed by atoms with Gasteiger partial charge in [0.15, 0.2) is 5.84 Å². The lowest BCUT2D eigenvalue weighted by Gasteiger charge is -2.21. The fourth-order valence-corrected chi connectivity index (χ4v) is 3.91. The lowest BCUT2D eigenvalue weighted by Crippen LogP contribution is -2.29. The highest BCUT2D eigenvalue weighted by atomic mass is 15.2. The van der Waals surface area contributed by atoms with Crippen LogP contribution in [0.2, 0.25) is 0 Å². The molecule has 4 rings (SSSR count). The van der Waals surface area contributed by atoms with E-state index < -0.39 is 0 Å². The van der Waals surface area contributed by atoms with Gasteiger partial charge in [0.2, 0.25) is 0 Å². The Morgan fingerprint density at radius 1 is 0.935 bits per heavy atom. The van der Waals surface area contributed by atoms with E-state index in [1.165, 1.54) is 5.56 Å². The van der Waals surface area contributed by atoms with Crippen molar-refractivity contribution in [2.45, 2.75) is 39.5 Å². The van der Waals surface area contributed by atoms with Crippen molar-refractivity contribution in [1.29, 1.82) is 0 Å². The number of aromatic nitrogens is 1. The number of benzene rings is 2. The highest BCUT2D eigenvalue weighted by Crippen LogP contribution is 2.32. The van der Waals surface area contributed by atoms with Gasteiger partial charge in [-0.25, -0.2) is 4.98 Å². The molecule has 0 saturated carbocycles. The summed E-state index contributed by atoms with van der Waals surface area (Å²) in [5, 5.41) is 0. The minimum Gasteiger partial charge on any atom is -0.323 e. The second-order valence-corrected chi connectivity index (χ2v) is 8.78. The molecule has 0 radical (unpaired) electrons. The number of nitrogens with zero attached hydrogens (tertiary/aromatic N) is 4. The summed E-state index contributed by atoms with van der Waals surface area (Å²) < 4.78 is 0. The normalized spacial score (nSPS) is 14.6. The molecule has 4 nitrogen and oxygen atoms in total. The van der Waals surface area contributed by atoms with Crippen molar-refractivity contribution in [1.82, 2.24) is 4.98 Å². The molecular formula is C27H30N4. The number of hydrogen-bond acceptors (Lipinski definition) is 4. The van der Waals surface area contributed by atoms with Gasteiger partial charge >= 0.3 is 0 Å². The Kier molecular flexibility index (Phi) is 5.99. The predicted octanol–water partition coefficient (Wildman–Crippen LogP) is 6.18. The summed E-state index contributed by atoms with van der Waals surface area (Å²) in [4.78, 5) is 17.0. The monoisotopic (exact) mass is 410 g/mol. The summed E-state index contributed by atoms with van der Waals surface area (Å²) in [6.07, 6.45) is 0.809. The number of para-hydroxylation sites is 2. The smallest absolute Gasteiger partial charge is 0.154 e. The molecule has 2 aromatic carbocycles. The van der Waals surface area contributed by atoms with Crippen molar-refractivity contribution < 1.29 is 0 Å². The van der Waals surface area contributed by atoms with E-state index in [-0.39, 0.29) is 5.41 Å². The van der Waals surface area contributed by atoms with E-state index in [2.05, 4.69) is 87.2 Å². The Hall–Kier alpha value is -3.27. The second-order valence-electron chi connectivity index (χ2n) is 8.78. The quantitative estimate of drug-likeness (QED) is 0.472. The molecule has 0 aliphatic carbocycles. The van der Waals surface area contributed by atoms with Crippen LogP contribution in [-0.4, -0.2) is 29.6 Å². The number of anilines is 1. The van der Waals surface area contributed by atoms with Crippen molar-refractivity contribution in [3.63, 3.8) is 0 Å². The fraction of sp³-hybridized carbons (Fsp3) is 0.296. The third-order valence-electron chi connectivity index (χ3n) is 5.48. The summed E-state index contributed by atoms with van der Waals surface area (Å²) in [7, 11) is 0. The summed E-state index contributed by atoms with van der Waals surface area (Å²) >= 11 is 0. The highest BCUT2D eigenvalue weighted by Gasteiger charge is 2.22. The van der Waals surface area contributed by atoms with Crippen LogP contribution in [0.25, 0.3) is 0 Å². The van der Waals surface area contributed by atoms with E-state index in [4.69, 9.17) is 15.0 Å². The van der Waals surface area contributed by atoms with E-state index in [0.29, 0.717) is 0 Å². The van der Waals surface area contributed by atoms with Crippen LogP contribution in [0.5, 0.6) is 0 Å². The molecule has 0 atom stereocenters. The van der Waals surface area contributed by atoms with Gasteiger partial charge in [0.05, 0.1) is 23.6 Å². The molecule has 4 heteroatoms. The van der Waals surface area contributed by atoms with Crippen LogP contribution in [0, 0.1) is 0 Å². The first-order chi connectivity index (χ1) is 15.0. The molecule has 0 saturated heterocycles. The number of hydrogen-bond donors (Lipinski definition) is 0. The first kappa shape index (κ1) is 21.0. The molecule has 1 aromatic heterocycles. The first-order valence-corrected chi connectivity index (χ1v) is 11.0. The largest absolute Gasteiger partial charge is 0.323 e. The molecule has 0 amide bonds. The van der Waals surface area contributed by atoms with Crippen LogP contribution in [0.15, 0.2) is 82.8 Å². The zero-order chi connectivity index (χ0) is 21.8. The van der Waals surface area contributed by atoms with Crippen molar-refractivity contribution in [3.05, 3.63) is 89.7 Å². The van der Waals surface area contributed by atoms with Crippen molar-refractivity contribution in [2.24, 2.45) is 9.98 Å². The summed E-state index contributed by atoms with van der Waals surface area (Å²) in [5.74, 6) is 0.929. The maximum atomic E-state index is 5.06. The molecule has 1 aliphatic heterocycles. The van der Waals surface area contributed by atoms with Gasteiger partial charge in [0.1, 0.15) is 5.69 Å². The zero-order valence-electron chi connectivity index (χ0n) is 18.8. The highest BCUT2D eigenvalue weighted by molar-refractivity contribution is 6.10. The molecule has 0 spiro atoms. The average molecular weight is 411 g/mol. The third kappa shape index (κ3) is 4.58. The SMILES string of the molecule is CCC(=Nc1ccccc1C(C)(C)C)c1cccc(C2=NCCN2c2ccccc2)n1. The molecule has 0 bridgehead atoms. The number of aliphatic imine (C=N–C) groups is 2. The van der Waals surface area contributed by atoms with Gasteiger partial charge in [-0.3, -0.25) is 9.98 Å². The van der Waals surface area contributed by atoms with Crippen LogP contribution in [-0.2, 0) is 5.41 Å². The minimum absolute atomic E-state index is 0.0307. The van der Waals surface area contributed by atoms with Gasteiger partial charge < -0.3 is 4.90 Å². The Morgan fingerprint density at radius 3 is 2.42 bits per heavy atom. The van der Waals surface area contributed by atoms with Crippen molar-refractivity contribution in [3.8, 4) is 0 Å². The molecule has 0 unspecified atom stereocenters. The Labute approximate surface area is 185 Å². The predicted molar refractivity (Wildman–Crippen MR) is 131 cm³/mol. The zero-order valence-corrected chi connectivity index (χ0v) is 18.8. The van der Waals surface area contributed by atoms with Gasteiger partial charge in [-0.05, 0) is 47.7 Å². The van der Waals surface area contributed by atoms with E-state index in [0.717, 1.165) is 53.8 Å². The summed E-state index contributed by atoms with van der Waals surface area (Å²) in [5.41, 5.74) is 6.23. The van der Waals surface area contributed by atoms with Gasteiger partial charge in [-0.15, -0.1) is 0 Å². The fourth-order valence-electron chi connectivity index (χ4n) is 3.91. The summed E-state index contributed by atoms with van der Waals surface area (Å²) in [6.45, 7) is 10.5. The van der Waals surface area contributed by atoms with E-state index in [1.54, 1.807) is 0 Å². The van der Waals surface area contributed by atoms with Gasteiger partial charge in [0.25, 0.3) is 0 Å². The van der Waals surface area contributed by atoms with Crippen molar-refractivity contribution >= 4 is 22.9 Å². The molecular weight excluding hydrogens is 380 g/mol. The molecule has 0 fully saturated rings. The Balaban J connectivity index is 1.70. The first-order valence-electron chi connectivity index (χ1n) is 11.0. The van der Waals surface area contributed by atoms with E-state index in [9.17, 15) is 0 Å².